The molecule has 0 aliphatic carbocycles. The average molecular weight is 418 g/mol. The molecule has 3 heterocycles. The van der Waals surface area contributed by atoms with Crippen molar-refractivity contribution in [3.05, 3.63) is 59.0 Å². The highest BCUT2D eigenvalue weighted by Gasteiger charge is 2.27. The minimum absolute atomic E-state index is 0.00221. The van der Waals surface area contributed by atoms with Crippen molar-refractivity contribution in [2.45, 2.75) is 26.8 Å². The van der Waals surface area contributed by atoms with Crippen molar-refractivity contribution in [2.75, 3.05) is 12.3 Å². The molecule has 1 aliphatic rings. The van der Waals surface area contributed by atoms with E-state index >= 15 is 0 Å². The van der Waals surface area contributed by atoms with Crippen LogP contribution in [0.5, 0.6) is 0 Å². The van der Waals surface area contributed by atoms with Crippen molar-refractivity contribution in [3.63, 3.8) is 0 Å². The number of nitrogens with two attached hydrogens (primary N) is 1. The molecule has 0 bridgehead atoms. The number of carbonyl (C=O) groups excluding carboxylic acids is 1. The topological polar surface area (TPSA) is 138 Å². The predicted octanol–water partition coefficient (Wildman–Crippen LogP) is 2.30. The summed E-state index contributed by atoms with van der Waals surface area (Å²) in [6, 6.07) is 10.2. The minimum Gasteiger partial charge on any atom is -0.483 e. The Balaban J connectivity index is 0.000000858. The summed E-state index contributed by atoms with van der Waals surface area (Å²) in [6.07, 6.45) is 4.23. The largest absolute Gasteiger partial charge is 0.483 e. The third-order valence-electron chi connectivity index (χ3n) is 5.07. The molecule has 9 nitrogen and oxygen atoms in total. The summed E-state index contributed by atoms with van der Waals surface area (Å²) < 4.78 is 1.78. The Morgan fingerprint density at radius 3 is 2.77 bits per heavy atom. The number of hydrogen-bond donors (Lipinski definition) is 2. The number of nitrogens with zero attached hydrogens (tertiary/aromatic N) is 5. The minimum atomic E-state index is -0.250. The molecule has 4 rings (SSSR count). The Labute approximate surface area is 179 Å². The van der Waals surface area contributed by atoms with Crippen molar-refractivity contribution in [1.82, 2.24) is 19.7 Å². The number of rotatable bonds is 2. The van der Waals surface area contributed by atoms with Crippen molar-refractivity contribution in [2.24, 2.45) is 0 Å². The van der Waals surface area contributed by atoms with Crippen molar-refractivity contribution in [1.29, 1.82) is 5.26 Å². The molecule has 31 heavy (non-hydrogen) atoms. The van der Waals surface area contributed by atoms with E-state index in [1.165, 1.54) is 0 Å². The molecule has 1 aromatic carbocycles. The lowest BCUT2D eigenvalue weighted by molar-refractivity contribution is -0.129. The maximum Gasteiger partial charge on any atom is 0.290 e. The number of anilines is 1. The van der Waals surface area contributed by atoms with Gasteiger partial charge in [0.2, 0.25) is 5.91 Å². The fraction of sp³-hybridized carbons (Fsp3) is 0.227. The van der Waals surface area contributed by atoms with E-state index in [4.69, 9.17) is 15.6 Å². The average Bonchev–Trinajstić information content (AvgIpc) is 3.23. The summed E-state index contributed by atoms with van der Waals surface area (Å²) in [6.45, 7) is 4.34. The van der Waals surface area contributed by atoms with E-state index in [1.807, 2.05) is 37.4 Å². The van der Waals surface area contributed by atoms with E-state index in [9.17, 15) is 10.1 Å². The maximum absolute atomic E-state index is 11.9. The summed E-state index contributed by atoms with van der Waals surface area (Å²) in [5.41, 5.74) is 11.7. The molecular formula is C22H22N6O3. The first kappa shape index (κ1) is 21.5. The van der Waals surface area contributed by atoms with Gasteiger partial charge >= 0.3 is 0 Å². The number of pyridine rings is 1. The molecule has 2 aromatic heterocycles. The first-order valence-corrected chi connectivity index (χ1v) is 9.56. The van der Waals surface area contributed by atoms with Gasteiger partial charge in [0.25, 0.3) is 6.47 Å². The predicted molar refractivity (Wildman–Crippen MR) is 114 cm³/mol. The third-order valence-corrected chi connectivity index (χ3v) is 5.07. The van der Waals surface area contributed by atoms with Gasteiger partial charge < -0.3 is 15.7 Å². The Bertz CT molecular complexity index is 1180. The molecular weight excluding hydrogens is 396 g/mol. The third kappa shape index (κ3) is 4.38. The summed E-state index contributed by atoms with van der Waals surface area (Å²) in [5, 5.41) is 21.1. The monoisotopic (exact) mass is 418 g/mol. The van der Waals surface area contributed by atoms with Gasteiger partial charge in [0.1, 0.15) is 17.5 Å². The van der Waals surface area contributed by atoms with Gasteiger partial charge in [0, 0.05) is 49.3 Å². The molecule has 0 spiro atoms. The lowest BCUT2D eigenvalue weighted by Gasteiger charge is -2.29. The molecule has 0 saturated carbocycles. The van der Waals surface area contributed by atoms with E-state index in [1.54, 1.807) is 22.7 Å². The number of nitrogen functional groups attached to an aromatic ring is 1. The van der Waals surface area contributed by atoms with E-state index in [0.29, 0.717) is 25.1 Å². The summed E-state index contributed by atoms with van der Waals surface area (Å²) in [4.78, 5) is 26.5. The first-order valence-electron chi connectivity index (χ1n) is 9.56. The number of fused-ring (bicyclic) bond motifs is 1. The zero-order chi connectivity index (χ0) is 22.5. The van der Waals surface area contributed by atoms with Crippen LogP contribution in [0.25, 0.3) is 16.8 Å². The number of aryl methyl sites for hydroxylation is 1. The molecule has 0 fully saturated rings. The first-order chi connectivity index (χ1) is 14.9. The van der Waals surface area contributed by atoms with Gasteiger partial charge in [0.15, 0.2) is 0 Å². The summed E-state index contributed by atoms with van der Waals surface area (Å²) in [7, 11) is 0. The van der Waals surface area contributed by atoms with E-state index in [0.717, 1.165) is 33.6 Å². The van der Waals surface area contributed by atoms with Gasteiger partial charge in [-0.1, -0.05) is 12.1 Å². The second-order valence-electron chi connectivity index (χ2n) is 7.09. The highest BCUT2D eigenvalue weighted by Crippen LogP contribution is 2.35. The van der Waals surface area contributed by atoms with Crippen LogP contribution in [0.3, 0.4) is 0 Å². The van der Waals surface area contributed by atoms with Gasteiger partial charge in [-0.3, -0.25) is 9.59 Å². The molecule has 3 aromatic rings. The lowest BCUT2D eigenvalue weighted by atomic mass is 9.92. The molecule has 0 unspecified atom stereocenters. The number of hydrogen-bond acceptors (Lipinski definition) is 6. The quantitative estimate of drug-likeness (QED) is 0.609. The van der Waals surface area contributed by atoms with Crippen LogP contribution in [-0.4, -0.2) is 43.7 Å². The zero-order valence-electron chi connectivity index (χ0n) is 17.2. The Kier molecular flexibility index (Phi) is 6.31. The van der Waals surface area contributed by atoms with Gasteiger partial charge in [0.05, 0.1) is 17.6 Å². The Hall–Kier alpha value is -4.19. The second-order valence-corrected chi connectivity index (χ2v) is 7.09. The number of carboxylic acid groups (broad SMARTS) is 1. The van der Waals surface area contributed by atoms with Crippen LogP contribution in [-0.2, 0) is 22.6 Å². The number of aromatic nitrogens is 3. The molecule has 3 N–H and O–H groups in total. The highest BCUT2D eigenvalue weighted by molar-refractivity contribution is 5.80. The van der Waals surface area contributed by atoms with Crippen LogP contribution in [0.2, 0.25) is 0 Å². The summed E-state index contributed by atoms with van der Waals surface area (Å²) >= 11 is 0. The SMILES string of the molecule is CC(=O)N1CCc2nc(N)c(C#N)c(-c3cnn(-c4cccc(C)c4)c3)c2C1.O=CO. The molecule has 1 aliphatic heterocycles. The van der Waals surface area contributed by atoms with Gasteiger partial charge in [-0.25, -0.2) is 9.67 Å². The van der Waals surface area contributed by atoms with Crippen LogP contribution < -0.4 is 5.73 Å². The maximum atomic E-state index is 11.9. The number of benzene rings is 1. The lowest BCUT2D eigenvalue weighted by Crippen LogP contribution is -2.35. The van der Waals surface area contributed by atoms with E-state index in [2.05, 4.69) is 16.2 Å². The molecule has 0 radical (unpaired) electrons. The number of nitriles is 1. The molecule has 0 atom stereocenters. The van der Waals surface area contributed by atoms with Crippen LogP contribution in [0.15, 0.2) is 36.7 Å². The van der Waals surface area contributed by atoms with Crippen molar-refractivity contribution >= 4 is 18.2 Å². The van der Waals surface area contributed by atoms with Crippen LogP contribution >= 0.6 is 0 Å². The van der Waals surface area contributed by atoms with Gasteiger partial charge in [-0.05, 0) is 24.6 Å². The van der Waals surface area contributed by atoms with Gasteiger partial charge in [-0.2, -0.15) is 10.4 Å². The fourth-order valence-corrected chi connectivity index (χ4v) is 3.64. The van der Waals surface area contributed by atoms with Gasteiger partial charge in [-0.15, -0.1) is 0 Å². The fourth-order valence-electron chi connectivity index (χ4n) is 3.64. The molecule has 0 saturated heterocycles. The van der Waals surface area contributed by atoms with Crippen LogP contribution in [0.4, 0.5) is 5.82 Å². The van der Waals surface area contributed by atoms with Crippen molar-refractivity contribution < 1.29 is 14.7 Å². The van der Waals surface area contributed by atoms with Crippen LogP contribution in [0, 0.1) is 18.3 Å². The van der Waals surface area contributed by atoms with Crippen LogP contribution in [0.1, 0.15) is 29.3 Å². The molecule has 158 valence electrons. The van der Waals surface area contributed by atoms with Crippen molar-refractivity contribution in [3.8, 4) is 22.9 Å². The van der Waals surface area contributed by atoms with E-state index < -0.39 is 0 Å². The Morgan fingerprint density at radius 1 is 1.39 bits per heavy atom. The number of carbonyl (C=O) groups is 2. The molecule has 1 amide bonds. The second kappa shape index (κ2) is 9.09. The Morgan fingerprint density at radius 2 is 2.13 bits per heavy atom. The number of amides is 1. The zero-order valence-corrected chi connectivity index (χ0v) is 17.2. The normalized spacial score (nSPS) is 12.2. The standard InChI is InChI=1S/C21H20N6O.CH2O2/c1-13-4-3-5-16(8-13)27-11-15(10-24-27)20-17(9-22)21(23)25-19-6-7-26(14(2)28)12-18(19)20;2-1-3/h3-5,8,10-11H,6-7,12H2,1-2H3,(H2,23,25);1H,(H,2,3). The summed E-state index contributed by atoms with van der Waals surface area (Å²) in [5.74, 6) is 0.221. The smallest absolute Gasteiger partial charge is 0.290 e. The highest BCUT2D eigenvalue weighted by atomic mass is 16.3. The molecule has 9 heteroatoms. The van der Waals surface area contributed by atoms with E-state index in [-0.39, 0.29) is 18.2 Å².